The minimum atomic E-state index is -1.70. The summed E-state index contributed by atoms with van der Waals surface area (Å²) in [6.45, 7) is 0.310. The number of carboxylic acid groups (broad SMARTS) is 2. The van der Waals surface area contributed by atoms with Gasteiger partial charge in [0.05, 0.1) is 12.5 Å². The summed E-state index contributed by atoms with van der Waals surface area (Å²) in [7, 11) is 0. The lowest BCUT2D eigenvalue weighted by Crippen LogP contribution is -2.58. The number of aliphatic imine (C=N–C) groups is 2. The van der Waals surface area contributed by atoms with Crippen LogP contribution in [0.2, 0.25) is 0 Å². The van der Waals surface area contributed by atoms with Crippen molar-refractivity contribution < 1.29 is 39.3 Å². The minimum Gasteiger partial charge on any atom is -0.508 e. The zero-order valence-electron chi connectivity index (χ0n) is 23.4. The van der Waals surface area contributed by atoms with Gasteiger partial charge in [-0.05, 0) is 43.4 Å². The number of carbonyl (C=O) groups is 5. The Labute approximate surface area is 247 Å². The SMILES string of the molecule is NC(N)=NCCCC(N)C(=O)NC(Cc1ccc(O)cc1)C(=O)NC(CC(=O)O)C(=O)NC(CCCN=C(N)N)C(=O)O. The van der Waals surface area contributed by atoms with Gasteiger partial charge in [-0.25, -0.2) is 4.79 Å². The van der Waals surface area contributed by atoms with Gasteiger partial charge in [0.15, 0.2) is 11.9 Å². The highest BCUT2D eigenvalue weighted by molar-refractivity contribution is 5.95. The van der Waals surface area contributed by atoms with Crippen molar-refractivity contribution >= 4 is 41.6 Å². The van der Waals surface area contributed by atoms with Crippen LogP contribution in [0.1, 0.15) is 37.7 Å². The van der Waals surface area contributed by atoms with Crippen LogP contribution >= 0.6 is 0 Å². The molecule has 0 saturated heterocycles. The third kappa shape index (κ3) is 14.9. The number of carbonyl (C=O) groups excluding carboxylic acids is 3. The average Bonchev–Trinajstić information content (AvgIpc) is 2.92. The molecule has 0 aromatic heterocycles. The van der Waals surface area contributed by atoms with Gasteiger partial charge in [-0.1, -0.05) is 12.1 Å². The maximum atomic E-state index is 13.3. The second-order valence-electron chi connectivity index (χ2n) is 9.49. The summed E-state index contributed by atoms with van der Waals surface area (Å²) < 4.78 is 0. The summed E-state index contributed by atoms with van der Waals surface area (Å²) in [5.41, 5.74) is 27.5. The number of phenolic OH excluding ortho intramolecular Hbond substituents is 1. The monoisotopic (exact) mass is 608 g/mol. The van der Waals surface area contributed by atoms with Gasteiger partial charge in [0.2, 0.25) is 17.7 Å². The Morgan fingerprint density at radius 2 is 1.21 bits per heavy atom. The van der Waals surface area contributed by atoms with E-state index in [2.05, 4.69) is 25.9 Å². The van der Waals surface area contributed by atoms with Crippen LogP contribution in [0.15, 0.2) is 34.3 Å². The van der Waals surface area contributed by atoms with Crippen molar-refractivity contribution in [1.82, 2.24) is 16.0 Å². The van der Waals surface area contributed by atoms with E-state index in [0.717, 1.165) is 0 Å². The van der Waals surface area contributed by atoms with E-state index in [1.807, 2.05) is 0 Å². The molecule has 18 nitrogen and oxygen atoms in total. The van der Waals surface area contributed by atoms with Crippen molar-refractivity contribution in [2.75, 3.05) is 13.1 Å². The van der Waals surface area contributed by atoms with Crippen molar-refractivity contribution in [1.29, 1.82) is 0 Å². The lowest BCUT2D eigenvalue weighted by atomic mass is 10.0. The lowest BCUT2D eigenvalue weighted by molar-refractivity contribution is -0.143. The molecule has 16 N–H and O–H groups in total. The van der Waals surface area contributed by atoms with Gasteiger partial charge >= 0.3 is 11.9 Å². The Kier molecular flexibility index (Phi) is 15.3. The van der Waals surface area contributed by atoms with Crippen LogP contribution in [0, 0.1) is 0 Å². The number of guanidine groups is 2. The molecule has 3 amide bonds. The molecule has 43 heavy (non-hydrogen) atoms. The van der Waals surface area contributed by atoms with Gasteiger partial charge in [0.25, 0.3) is 0 Å². The highest BCUT2D eigenvalue weighted by atomic mass is 16.4. The molecule has 1 aromatic rings. The number of nitrogens with zero attached hydrogens (tertiary/aromatic N) is 2. The first-order valence-corrected chi connectivity index (χ1v) is 13.2. The fraction of sp³-hybridized carbons (Fsp3) is 0.480. The van der Waals surface area contributed by atoms with Crippen LogP contribution in [0.4, 0.5) is 0 Å². The van der Waals surface area contributed by atoms with Gasteiger partial charge in [0.1, 0.15) is 23.9 Å². The maximum absolute atomic E-state index is 13.3. The first kappa shape index (κ1) is 35.9. The number of phenols is 1. The number of rotatable bonds is 19. The number of hydrogen-bond acceptors (Lipinski definition) is 9. The standard InChI is InChI=1S/C25H40N10O8/c26-15(3-1-9-31-24(27)28)20(39)34-17(11-13-5-7-14(36)8-6-13)21(40)35-18(12-19(37)38)22(41)33-16(23(42)43)4-2-10-32-25(29)30/h5-8,15-18,36H,1-4,9-12,26H2,(H,33,41)(H,34,39)(H,35,40)(H,37,38)(H,42,43)(H4,27,28,31)(H4,29,30,32). The van der Waals surface area contributed by atoms with Crippen molar-refractivity contribution in [3.05, 3.63) is 29.8 Å². The van der Waals surface area contributed by atoms with Crippen molar-refractivity contribution in [3.63, 3.8) is 0 Å². The van der Waals surface area contributed by atoms with Crippen molar-refractivity contribution in [3.8, 4) is 5.75 Å². The Morgan fingerprint density at radius 1 is 0.721 bits per heavy atom. The van der Waals surface area contributed by atoms with E-state index in [9.17, 15) is 39.3 Å². The maximum Gasteiger partial charge on any atom is 0.326 e. The first-order chi connectivity index (χ1) is 20.2. The molecule has 0 saturated carbocycles. The number of hydrogen-bond donors (Lipinski definition) is 11. The third-order valence-corrected chi connectivity index (χ3v) is 5.89. The van der Waals surface area contributed by atoms with Gasteiger partial charge in [-0.15, -0.1) is 0 Å². The molecule has 0 radical (unpaired) electrons. The number of aromatic hydroxyl groups is 1. The Balaban J connectivity index is 3.08. The largest absolute Gasteiger partial charge is 0.508 e. The summed E-state index contributed by atoms with van der Waals surface area (Å²) in [5.74, 6) is -5.93. The number of amides is 3. The fourth-order valence-electron chi connectivity index (χ4n) is 3.70. The summed E-state index contributed by atoms with van der Waals surface area (Å²) >= 11 is 0. The molecule has 0 aliphatic rings. The van der Waals surface area contributed by atoms with Gasteiger partial charge < -0.3 is 59.9 Å². The van der Waals surface area contributed by atoms with Crippen LogP contribution < -0.4 is 44.6 Å². The molecule has 0 heterocycles. The number of nitrogens with two attached hydrogens (primary N) is 5. The zero-order valence-corrected chi connectivity index (χ0v) is 23.4. The van der Waals surface area contributed by atoms with Crippen LogP contribution in [0.5, 0.6) is 5.75 Å². The molecule has 18 heteroatoms. The summed E-state index contributed by atoms with van der Waals surface area (Å²) in [6, 6.07) is 0.202. The average molecular weight is 609 g/mol. The van der Waals surface area contributed by atoms with Crippen LogP contribution in [0.25, 0.3) is 0 Å². The molecule has 1 rings (SSSR count). The zero-order chi connectivity index (χ0) is 32.5. The van der Waals surface area contributed by atoms with E-state index < -0.39 is 60.2 Å². The first-order valence-electron chi connectivity index (χ1n) is 13.2. The third-order valence-electron chi connectivity index (χ3n) is 5.89. The second-order valence-corrected chi connectivity index (χ2v) is 9.49. The van der Waals surface area contributed by atoms with E-state index in [0.29, 0.717) is 12.0 Å². The molecule has 0 bridgehead atoms. The van der Waals surface area contributed by atoms with E-state index in [1.165, 1.54) is 24.3 Å². The molecule has 0 aliphatic carbocycles. The van der Waals surface area contributed by atoms with Crippen molar-refractivity contribution in [2.24, 2.45) is 38.7 Å². The van der Waals surface area contributed by atoms with Gasteiger partial charge in [0, 0.05) is 19.5 Å². The van der Waals surface area contributed by atoms with E-state index >= 15 is 0 Å². The topological polar surface area (TPSA) is 337 Å². The number of nitrogens with one attached hydrogen (secondary N) is 3. The van der Waals surface area contributed by atoms with E-state index in [4.69, 9.17) is 28.7 Å². The lowest BCUT2D eigenvalue weighted by Gasteiger charge is -2.25. The molecule has 4 unspecified atom stereocenters. The quantitative estimate of drug-likeness (QED) is 0.0411. The Morgan fingerprint density at radius 3 is 1.72 bits per heavy atom. The predicted molar refractivity (Wildman–Crippen MR) is 155 cm³/mol. The predicted octanol–water partition coefficient (Wildman–Crippen LogP) is -3.62. The van der Waals surface area contributed by atoms with Crippen LogP contribution in [-0.2, 0) is 30.4 Å². The summed E-state index contributed by atoms with van der Waals surface area (Å²) in [4.78, 5) is 69.8. The number of benzene rings is 1. The molecular formula is C25H40N10O8. The smallest absolute Gasteiger partial charge is 0.326 e. The second kappa shape index (κ2) is 18.3. The summed E-state index contributed by atoms with van der Waals surface area (Å²) in [6.07, 6.45) is -0.395. The molecule has 0 spiro atoms. The molecule has 4 atom stereocenters. The Bertz CT molecular complexity index is 1170. The molecule has 0 fully saturated rings. The highest BCUT2D eigenvalue weighted by Crippen LogP contribution is 2.12. The van der Waals surface area contributed by atoms with E-state index in [1.54, 1.807) is 0 Å². The normalized spacial score (nSPS) is 13.3. The summed E-state index contributed by atoms with van der Waals surface area (Å²) in [5, 5.41) is 35.4. The highest BCUT2D eigenvalue weighted by Gasteiger charge is 2.31. The molecule has 0 aliphatic heterocycles. The molecular weight excluding hydrogens is 568 g/mol. The van der Waals surface area contributed by atoms with Gasteiger partial charge in [-0.2, -0.15) is 0 Å². The molecule has 1 aromatic carbocycles. The van der Waals surface area contributed by atoms with Gasteiger partial charge in [-0.3, -0.25) is 29.2 Å². The van der Waals surface area contributed by atoms with Crippen LogP contribution in [-0.4, -0.2) is 94.2 Å². The minimum absolute atomic E-state index is 0.0407. The fourth-order valence-corrected chi connectivity index (χ4v) is 3.70. The van der Waals surface area contributed by atoms with Crippen LogP contribution in [0.3, 0.4) is 0 Å². The molecule has 238 valence electrons. The number of aliphatic carboxylic acids is 2. The van der Waals surface area contributed by atoms with E-state index in [-0.39, 0.29) is 56.4 Å². The number of carboxylic acids is 2. The Hall–Kier alpha value is -5.13. The van der Waals surface area contributed by atoms with Crippen molar-refractivity contribution in [2.45, 2.75) is 62.7 Å².